The molecule has 0 bridgehead atoms. The zero-order chi connectivity index (χ0) is 14.0. The fourth-order valence-corrected chi connectivity index (χ4v) is 2.48. The lowest BCUT2D eigenvalue weighted by Crippen LogP contribution is -2.49. The predicted molar refractivity (Wildman–Crippen MR) is 78.8 cm³/mol. The van der Waals surface area contributed by atoms with Gasteiger partial charge in [0.05, 0.1) is 28.0 Å². The summed E-state index contributed by atoms with van der Waals surface area (Å²) in [6.45, 7) is 6.29. The summed E-state index contributed by atoms with van der Waals surface area (Å²) in [5.74, 6) is -0.156. The SMILES string of the molecule is CCNC(C)(C)C(=O)Nc1c(Cl)ccc2nsnc12. The van der Waals surface area contributed by atoms with Gasteiger partial charge in [-0.25, -0.2) is 0 Å². The molecule has 7 heteroatoms. The van der Waals surface area contributed by atoms with Gasteiger partial charge in [0.15, 0.2) is 0 Å². The summed E-state index contributed by atoms with van der Waals surface area (Å²) in [7, 11) is 0. The number of rotatable bonds is 4. The van der Waals surface area contributed by atoms with E-state index < -0.39 is 5.54 Å². The first-order chi connectivity index (χ1) is 8.95. The highest BCUT2D eigenvalue weighted by atomic mass is 35.5. The summed E-state index contributed by atoms with van der Waals surface area (Å²) < 4.78 is 8.30. The van der Waals surface area contributed by atoms with E-state index in [4.69, 9.17) is 11.6 Å². The Morgan fingerprint density at radius 3 is 2.84 bits per heavy atom. The van der Waals surface area contributed by atoms with Gasteiger partial charge in [0.25, 0.3) is 0 Å². The second-order valence-corrected chi connectivity index (χ2v) is 5.60. The van der Waals surface area contributed by atoms with E-state index in [9.17, 15) is 4.79 Å². The standard InChI is InChI=1S/C12H15ClN4OS/c1-4-14-12(2,3)11(18)15-9-7(13)5-6-8-10(9)17-19-16-8/h5-6,14H,4H2,1-3H3,(H,15,18). The van der Waals surface area contributed by atoms with Gasteiger partial charge in [0, 0.05) is 0 Å². The van der Waals surface area contributed by atoms with Crippen molar-refractivity contribution in [3.8, 4) is 0 Å². The Bertz CT molecular complexity index is 611. The van der Waals surface area contributed by atoms with Crippen LogP contribution in [0, 0.1) is 0 Å². The number of aromatic nitrogens is 2. The van der Waals surface area contributed by atoms with E-state index in [1.165, 1.54) is 0 Å². The molecule has 2 aromatic rings. The number of hydrogen-bond donors (Lipinski definition) is 2. The molecule has 2 rings (SSSR count). The van der Waals surface area contributed by atoms with Crippen LogP contribution in [-0.4, -0.2) is 26.7 Å². The molecule has 2 N–H and O–H groups in total. The maximum absolute atomic E-state index is 12.3. The average Bonchev–Trinajstić information content (AvgIpc) is 2.81. The molecule has 5 nitrogen and oxygen atoms in total. The third kappa shape index (κ3) is 2.86. The van der Waals surface area contributed by atoms with Crippen LogP contribution in [0.4, 0.5) is 5.69 Å². The predicted octanol–water partition coefficient (Wildman–Crippen LogP) is 2.67. The molecule has 0 aliphatic carbocycles. The fourth-order valence-electron chi connectivity index (χ4n) is 1.74. The Labute approximate surface area is 120 Å². The van der Waals surface area contributed by atoms with Crippen LogP contribution in [0.5, 0.6) is 0 Å². The average molecular weight is 299 g/mol. The smallest absolute Gasteiger partial charge is 0.244 e. The zero-order valence-electron chi connectivity index (χ0n) is 11.0. The number of nitrogens with one attached hydrogen (secondary N) is 2. The van der Waals surface area contributed by atoms with Crippen LogP contribution in [-0.2, 0) is 4.79 Å². The molecule has 19 heavy (non-hydrogen) atoms. The highest BCUT2D eigenvalue weighted by Gasteiger charge is 2.27. The lowest BCUT2D eigenvalue weighted by atomic mass is 10.0. The Morgan fingerprint density at radius 2 is 2.16 bits per heavy atom. The third-order valence-corrected chi connectivity index (χ3v) is 3.66. The van der Waals surface area contributed by atoms with Crippen molar-refractivity contribution in [2.75, 3.05) is 11.9 Å². The van der Waals surface area contributed by atoms with E-state index in [1.54, 1.807) is 12.1 Å². The van der Waals surface area contributed by atoms with Crippen LogP contribution in [0.2, 0.25) is 5.02 Å². The number of benzene rings is 1. The van der Waals surface area contributed by atoms with Crippen molar-refractivity contribution in [2.24, 2.45) is 0 Å². The number of anilines is 1. The Hall–Kier alpha value is -1.24. The molecule has 0 spiro atoms. The van der Waals surface area contributed by atoms with Crippen LogP contribution in [0.1, 0.15) is 20.8 Å². The van der Waals surface area contributed by atoms with E-state index in [-0.39, 0.29) is 5.91 Å². The molecular weight excluding hydrogens is 284 g/mol. The quantitative estimate of drug-likeness (QED) is 0.911. The first-order valence-corrected chi connectivity index (χ1v) is 7.04. The van der Waals surface area contributed by atoms with Crippen LogP contribution >= 0.6 is 23.3 Å². The molecule has 0 saturated heterocycles. The van der Waals surface area contributed by atoms with Crippen LogP contribution in [0.3, 0.4) is 0 Å². The van der Waals surface area contributed by atoms with Gasteiger partial charge in [0.2, 0.25) is 5.91 Å². The molecule has 0 atom stereocenters. The summed E-state index contributed by atoms with van der Waals surface area (Å²) in [6, 6.07) is 3.49. The van der Waals surface area contributed by atoms with Crippen molar-refractivity contribution in [3.63, 3.8) is 0 Å². The molecule has 1 aromatic heterocycles. The second kappa shape index (κ2) is 5.40. The van der Waals surface area contributed by atoms with Crippen LogP contribution in [0.15, 0.2) is 12.1 Å². The Kier molecular flexibility index (Phi) is 4.03. The normalized spacial score (nSPS) is 11.8. The van der Waals surface area contributed by atoms with Crippen molar-refractivity contribution in [1.82, 2.24) is 14.1 Å². The number of amides is 1. The number of likely N-dealkylation sites (N-methyl/N-ethyl adjacent to an activating group) is 1. The maximum Gasteiger partial charge on any atom is 0.244 e. The first kappa shape index (κ1) is 14.2. The van der Waals surface area contributed by atoms with Crippen molar-refractivity contribution >= 4 is 46.0 Å². The van der Waals surface area contributed by atoms with Gasteiger partial charge >= 0.3 is 0 Å². The minimum Gasteiger partial charge on any atom is -0.321 e. The summed E-state index contributed by atoms with van der Waals surface area (Å²) in [6.07, 6.45) is 0. The van der Waals surface area contributed by atoms with Gasteiger partial charge in [-0.05, 0) is 32.5 Å². The van der Waals surface area contributed by atoms with E-state index >= 15 is 0 Å². The van der Waals surface area contributed by atoms with Crippen molar-refractivity contribution in [2.45, 2.75) is 26.3 Å². The van der Waals surface area contributed by atoms with Crippen LogP contribution in [0.25, 0.3) is 11.0 Å². The summed E-state index contributed by atoms with van der Waals surface area (Å²) >= 11 is 7.23. The molecule has 0 unspecified atom stereocenters. The third-order valence-electron chi connectivity index (χ3n) is 2.80. The summed E-state index contributed by atoms with van der Waals surface area (Å²) in [5.41, 5.74) is 1.19. The lowest BCUT2D eigenvalue weighted by Gasteiger charge is -2.24. The minimum atomic E-state index is -0.677. The minimum absolute atomic E-state index is 0.156. The number of carbonyl (C=O) groups excluding carboxylic acids is 1. The molecule has 1 aromatic carbocycles. The fraction of sp³-hybridized carbons (Fsp3) is 0.417. The number of halogens is 1. The monoisotopic (exact) mass is 298 g/mol. The topological polar surface area (TPSA) is 66.9 Å². The Balaban J connectivity index is 2.33. The summed E-state index contributed by atoms with van der Waals surface area (Å²) in [4.78, 5) is 12.3. The zero-order valence-corrected chi connectivity index (χ0v) is 12.5. The van der Waals surface area contributed by atoms with Gasteiger partial charge in [0.1, 0.15) is 11.0 Å². The van der Waals surface area contributed by atoms with E-state index in [1.807, 2.05) is 20.8 Å². The van der Waals surface area contributed by atoms with Crippen LogP contribution < -0.4 is 10.6 Å². The molecule has 0 aliphatic rings. The molecule has 102 valence electrons. The van der Waals surface area contributed by atoms with Crippen molar-refractivity contribution in [1.29, 1.82) is 0 Å². The molecule has 1 heterocycles. The van der Waals surface area contributed by atoms with Gasteiger partial charge in [-0.1, -0.05) is 18.5 Å². The Morgan fingerprint density at radius 1 is 1.42 bits per heavy atom. The largest absolute Gasteiger partial charge is 0.321 e. The number of carbonyl (C=O) groups is 1. The number of hydrogen-bond acceptors (Lipinski definition) is 5. The molecule has 0 saturated carbocycles. The molecule has 1 amide bonds. The number of nitrogens with zero attached hydrogens (tertiary/aromatic N) is 2. The van der Waals surface area contributed by atoms with E-state index in [2.05, 4.69) is 19.4 Å². The molecule has 0 radical (unpaired) electrons. The lowest BCUT2D eigenvalue weighted by molar-refractivity contribution is -0.121. The maximum atomic E-state index is 12.3. The van der Waals surface area contributed by atoms with E-state index in [0.717, 1.165) is 17.2 Å². The molecule has 0 aliphatic heterocycles. The summed E-state index contributed by atoms with van der Waals surface area (Å²) in [5, 5.41) is 6.41. The first-order valence-electron chi connectivity index (χ1n) is 5.93. The number of fused-ring (bicyclic) bond motifs is 1. The van der Waals surface area contributed by atoms with Crippen molar-refractivity contribution < 1.29 is 4.79 Å². The highest BCUT2D eigenvalue weighted by Crippen LogP contribution is 2.30. The van der Waals surface area contributed by atoms with Crippen molar-refractivity contribution in [3.05, 3.63) is 17.2 Å². The second-order valence-electron chi connectivity index (χ2n) is 4.66. The van der Waals surface area contributed by atoms with Gasteiger partial charge in [-0.15, -0.1) is 0 Å². The van der Waals surface area contributed by atoms with Gasteiger partial charge in [-0.3, -0.25) is 4.79 Å². The highest BCUT2D eigenvalue weighted by molar-refractivity contribution is 7.00. The van der Waals surface area contributed by atoms with Gasteiger partial charge in [-0.2, -0.15) is 8.75 Å². The molecular formula is C12H15ClN4OS. The van der Waals surface area contributed by atoms with Gasteiger partial charge < -0.3 is 10.6 Å². The van der Waals surface area contributed by atoms with E-state index in [0.29, 0.717) is 22.8 Å². The molecule has 0 fully saturated rings.